The number of nitrogens with one attached hydrogen (secondary N) is 1. The van der Waals surface area contributed by atoms with Gasteiger partial charge in [0, 0.05) is 18.1 Å². The van der Waals surface area contributed by atoms with Crippen molar-refractivity contribution in [3.63, 3.8) is 0 Å². The minimum atomic E-state index is -4.18. The summed E-state index contributed by atoms with van der Waals surface area (Å²) in [6.45, 7) is 5.40. The predicted molar refractivity (Wildman–Crippen MR) is 162 cm³/mol. The third-order valence-electron chi connectivity index (χ3n) is 6.30. The third kappa shape index (κ3) is 8.13. The normalized spacial score (nSPS) is 12.1. The lowest BCUT2D eigenvalue weighted by atomic mass is 10.1. The summed E-state index contributed by atoms with van der Waals surface area (Å²) in [7, 11) is -4.18. The molecule has 1 atom stereocenters. The van der Waals surface area contributed by atoms with Gasteiger partial charge in [-0.2, -0.15) is 0 Å². The Morgan fingerprint density at radius 3 is 2.27 bits per heavy atom. The second-order valence-corrected chi connectivity index (χ2v) is 12.5. The number of aryl methyl sites for hydroxylation is 1. The molecule has 11 heteroatoms. The largest absolute Gasteiger partial charge is 0.354 e. The molecule has 0 heterocycles. The molecule has 0 aliphatic heterocycles. The van der Waals surface area contributed by atoms with Crippen LogP contribution in [-0.2, 0) is 26.2 Å². The molecule has 0 unspecified atom stereocenters. The van der Waals surface area contributed by atoms with E-state index in [2.05, 4.69) is 5.32 Å². The number of unbranched alkanes of at least 4 members (excludes halogenated alkanes) is 1. The summed E-state index contributed by atoms with van der Waals surface area (Å²) < 4.78 is 28.7. The van der Waals surface area contributed by atoms with Gasteiger partial charge in [-0.3, -0.25) is 13.9 Å². The van der Waals surface area contributed by atoms with Crippen LogP contribution in [0.4, 0.5) is 5.69 Å². The molecule has 3 aromatic carbocycles. The molecule has 3 aromatic rings. The number of sulfonamides is 1. The van der Waals surface area contributed by atoms with E-state index >= 15 is 0 Å². The number of hydrogen-bond donors (Lipinski definition) is 1. The second-order valence-electron chi connectivity index (χ2n) is 9.40. The van der Waals surface area contributed by atoms with Crippen LogP contribution in [0.2, 0.25) is 15.1 Å². The fraction of sp³-hybridized carbons (Fsp3) is 0.310. The Labute approximate surface area is 251 Å². The van der Waals surface area contributed by atoms with E-state index < -0.39 is 28.5 Å². The molecule has 2 amide bonds. The molecule has 0 aliphatic carbocycles. The van der Waals surface area contributed by atoms with Crippen LogP contribution in [0.1, 0.15) is 37.8 Å². The van der Waals surface area contributed by atoms with Gasteiger partial charge in [-0.15, -0.1) is 0 Å². The van der Waals surface area contributed by atoms with Crippen molar-refractivity contribution in [2.75, 3.05) is 17.4 Å². The van der Waals surface area contributed by atoms with E-state index in [4.69, 9.17) is 34.8 Å². The Balaban J connectivity index is 2.01. The fourth-order valence-electron chi connectivity index (χ4n) is 4.00. The number of nitrogens with zero attached hydrogens (tertiary/aromatic N) is 2. The van der Waals surface area contributed by atoms with Gasteiger partial charge in [-0.25, -0.2) is 8.42 Å². The molecule has 0 saturated heterocycles. The van der Waals surface area contributed by atoms with Crippen LogP contribution >= 0.6 is 34.8 Å². The molecule has 0 radical (unpaired) electrons. The van der Waals surface area contributed by atoms with Gasteiger partial charge in [0.1, 0.15) is 12.6 Å². The summed E-state index contributed by atoms with van der Waals surface area (Å²) in [5, 5.41) is 3.90. The van der Waals surface area contributed by atoms with Gasteiger partial charge in [-0.05, 0) is 79.9 Å². The quantitative estimate of drug-likeness (QED) is 0.234. The van der Waals surface area contributed by atoms with Crippen molar-refractivity contribution >= 4 is 62.3 Å². The first kappa shape index (κ1) is 31.7. The number of carbonyl (C=O) groups is 2. The van der Waals surface area contributed by atoms with Crippen molar-refractivity contribution in [1.29, 1.82) is 0 Å². The summed E-state index contributed by atoms with van der Waals surface area (Å²) in [4.78, 5) is 28.3. The zero-order chi connectivity index (χ0) is 29.4. The summed E-state index contributed by atoms with van der Waals surface area (Å²) in [5.41, 5.74) is 1.77. The summed E-state index contributed by atoms with van der Waals surface area (Å²) in [5.74, 6) is -0.909. The molecular formula is C29H32Cl3N3O4S. The van der Waals surface area contributed by atoms with Crippen LogP contribution < -0.4 is 9.62 Å². The molecule has 0 aromatic heterocycles. The van der Waals surface area contributed by atoms with E-state index in [9.17, 15) is 18.0 Å². The molecule has 7 nitrogen and oxygen atoms in total. The van der Waals surface area contributed by atoms with Gasteiger partial charge < -0.3 is 10.2 Å². The van der Waals surface area contributed by atoms with Gasteiger partial charge in [0.2, 0.25) is 11.8 Å². The molecular weight excluding hydrogens is 593 g/mol. The Morgan fingerprint density at radius 1 is 0.950 bits per heavy atom. The predicted octanol–water partition coefficient (Wildman–Crippen LogP) is 6.48. The fourth-order valence-corrected chi connectivity index (χ4v) is 5.85. The maximum Gasteiger partial charge on any atom is 0.264 e. The van der Waals surface area contributed by atoms with E-state index in [1.54, 1.807) is 43.3 Å². The van der Waals surface area contributed by atoms with E-state index in [1.165, 1.54) is 29.2 Å². The number of rotatable bonds is 12. The van der Waals surface area contributed by atoms with Gasteiger partial charge in [0.15, 0.2) is 0 Å². The van der Waals surface area contributed by atoms with Crippen molar-refractivity contribution in [3.8, 4) is 0 Å². The number of halogens is 3. The van der Waals surface area contributed by atoms with Crippen LogP contribution in [0.3, 0.4) is 0 Å². The number of amides is 2. The van der Waals surface area contributed by atoms with Crippen LogP contribution in [0, 0.1) is 6.92 Å². The SMILES string of the molecule is CCCCNC(=O)[C@H](C)N(Cc1ccc(Cl)c(Cl)c1)C(=O)CN(c1cccc(C)c1)S(=O)(=O)c1ccc(Cl)cc1. The second kappa shape index (κ2) is 14.2. The number of hydrogen-bond acceptors (Lipinski definition) is 4. The third-order valence-corrected chi connectivity index (χ3v) is 9.08. The highest BCUT2D eigenvalue weighted by molar-refractivity contribution is 7.92. The standard InChI is InChI=1S/C29H32Cl3N3O4S/c1-4-5-15-33-29(37)21(3)34(18-22-9-14-26(31)27(32)17-22)28(36)19-35(24-8-6-7-20(2)16-24)40(38,39)25-12-10-23(30)11-13-25/h6-14,16-17,21H,4-5,15,18-19H2,1-3H3,(H,33,37)/t21-/m0/s1. The molecule has 214 valence electrons. The molecule has 1 N–H and O–H groups in total. The van der Waals surface area contributed by atoms with Crippen molar-refractivity contribution in [3.05, 3.63) is 92.9 Å². The Hall–Kier alpha value is -2.78. The summed E-state index contributed by atoms with van der Waals surface area (Å²) >= 11 is 18.3. The van der Waals surface area contributed by atoms with Crippen molar-refractivity contribution in [2.24, 2.45) is 0 Å². The average molecular weight is 625 g/mol. The van der Waals surface area contributed by atoms with Crippen molar-refractivity contribution in [1.82, 2.24) is 10.2 Å². The molecule has 0 bridgehead atoms. The van der Waals surface area contributed by atoms with Gasteiger partial charge in [0.05, 0.1) is 20.6 Å². The molecule has 3 rings (SSSR count). The first-order valence-corrected chi connectivity index (χ1v) is 15.4. The summed E-state index contributed by atoms with van der Waals surface area (Å²) in [6.07, 6.45) is 1.69. The highest BCUT2D eigenvalue weighted by Gasteiger charge is 2.32. The minimum absolute atomic E-state index is 0.0146. The van der Waals surface area contributed by atoms with Gasteiger partial charge in [0.25, 0.3) is 10.0 Å². The molecule has 0 saturated carbocycles. The van der Waals surface area contributed by atoms with E-state index in [0.29, 0.717) is 32.9 Å². The Morgan fingerprint density at radius 2 is 1.65 bits per heavy atom. The summed E-state index contributed by atoms with van der Waals surface area (Å²) in [6, 6.07) is 16.6. The number of benzene rings is 3. The molecule has 40 heavy (non-hydrogen) atoms. The van der Waals surface area contributed by atoms with Crippen LogP contribution in [0.15, 0.2) is 71.6 Å². The van der Waals surface area contributed by atoms with Crippen LogP contribution in [0.5, 0.6) is 0 Å². The average Bonchev–Trinajstić information content (AvgIpc) is 2.92. The van der Waals surface area contributed by atoms with Crippen LogP contribution in [-0.4, -0.2) is 44.3 Å². The lowest BCUT2D eigenvalue weighted by Crippen LogP contribution is -2.51. The highest BCUT2D eigenvalue weighted by atomic mass is 35.5. The molecule has 0 spiro atoms. The van der Waals surface area contributed by atoms with Crippen LogP contribution in [0.25, 0.3) is 0 Å². The first-order valence-electron chi connectivity index (χ1n) is 12.8. The Bertz CT molecular complexity index is 1450. The van der Waals surface area contributed by atoms with Crippen molar-refractivity contribution < 1.29 is 18.0 Å². The minimum Gasteiger partial charge on any atom is -0.354 e. The van der Waals surface area contributed by atoms with Gasteiger partial charge in [-0.1, -0.05) is 66.3 Å². The highest BCUT2D eigenvalue weighted by Crippen LogP contribution is 2.27. The smallest absolute Gasteiger partial charge is 0.264 e. The molecule has 0 fully saturated rings. The number of carbonyl (C=O) groups excluding carboxylic acids is 2. The first-order chi connectivity index (χ1) is 18.9. The van der Waals surface area contributed by atoms with E-state index in [-0.39, 0.29) is 17.3 Å². The van der Waals surface area contributed by atoms with Crippen molar-refractivity contribution in [2.45, 2.75) is 51.1 Å². The zero-order valence-corrected chi connectivity index (χ0v) is 25.6. The number of anilines is 1. The monoisotopic (exact) mass is 623 g/mol. The molecule has 0 aliphatic rings. The Kier molecular flexibility index (Phi) is 11.3. The van der Waals surface area contributed by atoms with E-state index in [0.717, 1.165) is 22.7 Å². The lowest BCUT2D eigenvalue weighted by Gasteiger charge is -2.32. The van der Waals surface area contributed by atoms with E-state index in [1.807, 2.05) is 19.9 Å². The van der Waals surface area contributed by atoms with Gasteiger partial charge >= 0.3 is 0 Å². The topological polar surface area (TPSA) is 86.8 Å². The lowest BCUT2D eigenvalue weighted by molar-refractivity contribution is -0.139. The zero-order valence-electron chi connectivity index (χ0n) is 22.5. The maximum absolute atomic E-state index is 13.9. The maximum atomic E-state index is 13.9.